The quantitative estimate of drug-likeness (QED) is 0.489. The van der Waals surface area contributed by atoms with Crippen molar-refractivity contribution in [2.45, 2.75) is 55.9 Å². The molecular weight excluding hydrogens is 296 g/mol. The molecule has 0 saturated carbocycles. The van der Waals surface area contributed by atoms with Crippen LogP contribution >= 0.6 is 0 Å². The zero-order valence-electron chi connectivity index (χ0n) is 13.0. The third kappa shape index (κ3) is 7.57. The second-order valence-electron chi connectivity index (χ2n) is 5.39. The molecule has 1 aromatic carbocycles. The summed E-state index contributed by atoms with van der Waals surface area (Å²) in [5, 5.41) is 10.9. The summed E-state index contributed by atoms with van der Waals surface area (Å²) in [6.45, 7) is 3.69. The van der Waals surface area contributed by atoms with Gasteiger partial charge in [-0.2, -0.15) is 0 Å². The summed E-state index contributed by atoms with van der Waals surface area (Å²) in [6, 6.07) is 8.24. The van der Waals surface area contributed by atoms with Crippen LogP contribution in [0.4, 0.5) is 0 Å². The molecule has 0 radical (unpaired) electrons. The van der Waals surface area contributed by atoms with E-state index >= 15 is 0 Å². The Morgan fingerprint density at radius 3 is 2.36 bits per heavy atom. The van der Waals surface area contributed by atoms with Crippen molar-refractivity contribution in [3.8, 4) is 0 Å². The second-order valence-corrected chi connectivity index (χ2v) is 7.22. The van der Waals surface area contributed by atoms with E-state index in [0.717, 1.165) is 31.1 Å². The van der Waals surface area contributed by atoms with Crippen molar-refractivity contribution in [2.75, 3.05) is 0 Å². The van der Waals surface area contributed by atoms with Crippen molar-refractivity contribution < 1.29 is 13.5 Å². The van der Waals surface area contributed by atoms with Crippen LogP contribution in [0.2, 0.25) is 0 Å². The maximum absolute atomic E-state index is 12.0. The average molecular weight is 322 g/mol. The summed E-state index contributed by atoms with van der Waals surface area (Å²) < 4.78 is 24.0. The highest BCUT2D eigenvalue weighted by molar-refractivity contribution is 7.94. The lowest BCUT2D eigenvalue weighted by molar-refractivity contribution is 0.208. The largest absolute Gasteiger partial charge is 0.389 e. The molecule has 122 valence electrons. The van der Waals surface area contributed by atoms with Crippen LogP contribution in [0.25, 0.3) is 0 Å². The minimum absolute atomic E-state index is 0.251. The molecule has 0 spiro atoms. The van der Waals surface area contributed by atoms with E-state index in [4.69, 9.17) is 0 Å². The molecule has 0 amide bonds. The van der Waals surface area contributed by atoms with Gasteiger partial charge in [0.1, 0.15) is 0 Å². The topological polar surface area (TPSA) is 54.4 Å². The van der Waals surface area contributed by atoms with Crippen LogP contribution in [0.1, 0.15) is 44.9 Å². The summed E-state index contributed by atoms with van der Waals surface area (Å²) >= 11 is 0. The molecule has 1 rings (SSSR count). The number of sulfone groups is 1. The van der Waals surface area contributed by atoms with Crippen LogP contribution in [0.5, 0.6) is 0 Å². The van der Waals surface area contributed by atoms with Gasteiger partial charge >= 0.3 is 0 Å². The Morgan fingerprint density at radius 2 is 1.68 bits per heavy atom. The fraction of sp³-hybridized carbons (Fsp3) is 0.444. The van der Waals surface area contributed by atoms with Crippen LogP contribution in [-0.4, -0.2) is 19.6 Å². The number of hydrogen-bond donors (Lipinski definition) is 1. The molecule has 1 atom stereocenters. The second kappa shape index (κ2) is 10.4. The average Bonchev–Trinajstić information content (AvgIpc) is 2.53. The van der Waals surface area contributed by atoms with Crippen molar-refractivity contribution in [3.63, 3.8) is 0 Å². The molecule has 22 heavy (non-hydrogen) atoms. The van der Waals surface area contributed by atoms with Crippen LogP contribution in [-0.2, 0) is 9.84 Å². The standard InChI is InChI=1S/C18H26O3S/c1-2-3-4-5-6-7-9-12-17(19)15-16-22(20,21)18-13-10-8-11-14-18/h2,8,10-11,13-17,19H,1,3-7,9,12H2/b16-15+. The van der Waals surface area contributed by atoms with Gasteiger partial charge in [-0.25, -0.2) is 8.42 Å². The summed E-state index contributed by atoms with van der Waals surface area (Å²) in [4.78, 5) is 0.251. The molecule has 0 aliphatic rings. The molecule has 1 N–H and O–H groups in total. The molecule has 0 aliphatic carbocycles. The lowest BCUT2D eigenvalue weighted by Crippen LogP contribution is -2.04. The molecule has 4 heteroatoms. The molecule has 1 aromatic rings. The van der Waals surface area contributed by atoms with Crippen molar-refractivity contribution >= 4 is 9.84 Å². The first-order valence-electron chi connectivity index (χ1n) is 7.83. The summed E-state index contributed by atoms with van der Waals surface area (Å²) in [7, 11) is -3.45. The summed E-state index contributed by atoms with van der Waals surface area (Å²) in [5.41, 5.74) is 0. The van der Waals surface area contributed by atoms with E-state index in [1.807, 2.05) is 6.08 Å². The lowest BCUT2D eigenvalue weighted by atomic mass is 10.1. The predicted molar refractivity (Wildman–Crippen MR) is 91.3 cm³/mol. The molecule has 0 saturated heterocycles. The van der Waals surface area contributed by atoms with Gasteiger partial charge in [0.25, 0.3) is 0 Å². The van der Waals surface area contributed by atoms with Gasteiger partial charge in [0, 0.05) is 5.41 Å². The fourth-order valence-corrected chi connectivity index (χ4v) is 3.23. The predicted octanol–water partition coefficient (Wildman–Crippen LogP) is 4.25. The van der Waals surface area contributed by atoms with Gasteiger partial charge in [0.05, 0.1) is 11.0 Å². The number of hydrogen-bond acceptors (Lipinski definition) is 3. The minimum Gasteiger partial charge on any atom is -0.389 e. The maximum Gasteiger partial charge on any atom is 0.199 e. The number of aliphatic hydroxyl groups is 1. The zero-order valence-corrected chi connectivity index (χ0v) is 13.8. The molecule has 0 aromatic heterocycles. The van der Waals surface area contributed by atoms with Gasteiger partial charge in [0.15, 0.2) is 9.84 Å². The third-order valence-corrected chi connectivity index (χ3v) is 4.90. The number of benzene rings is 1. The summed E-state index contributed by atoms with van der Waals surface area (Å²) in [5.74, 6) is 0. The molecule has 0 fully saturated rings. The molecule has 0 bridgehead atoms. The normalized spacial score (nSPS) is 13.3. The zero-order chi connectivity index (χ0) is 16.3. The molecule has 0 heterocycles. The number of rotatable bonds is 11. The van der Waals surface area contributed by atoms with Crippen LogP contribution in [0, 0.1) is 0 Å². The SMILES string of the molecule is C=CCCCCCCCC(O)/C=C/S(=O)(=O)c1ccccc1. The van der Waals surface area contributed by atoms with E-state index < -0.39 is 15.9 Å². The van der Waals surface area contributed by atoms with Gasteiger partial charge in [-0.15, -0.1) is 6.58 Å². The monoisotopic (exact) mass is 322 g/mol. The highest BCUT2D eigenvalue weighted by Crippen LogP contribution is 2.13. The van der Waals surface area contributed by atoms with E-state index in [0.29, 0.717) is 6.42 Å². The van der Waals surface area contributed by atoms with E-state index in [1.165, 1.54) is 18.9 Å². The Bertz CT molecular complexity index is 547. The van der Waals surface area contributed by atoms with Crippen molar-refractivity contribution in [1.29, 1.82) is 0 Å². The number of aliphatic hydroxyl groups excluding tert-OH is 1. The van der Waals surface area contributed by atoms with Gasteiger partial charge in [-0.05, 0) is 37.5 Å². The summed E-state index contributed by atoms with van der Waals surface area (Å²) in [6.07, 6.45) is 9.73. The fourth-order valence-electron chi connectivity index (χ4n) is 2.15. The van der Waals surface area contributed by atoms with E-state index in [1.54, 1.807) is 30.3 Å². The van der Waals surface area contributed by atoms with E-state index in [2.05, 4.69) is 6.58 Å². The van der Waals surface area contributed by atoms with E-state index in [9.17, 15) is 13.5 Å². The number of allylic oxidation sites excluding steroid dienone is 1. The van der Waals surface area contributed by atoms with Gasteiger partial charge in [0.2, 0.25) is 0 Å². The third-order valence-electron chi connectivity index (χ3n) is 3.46. The Labute approximate surface area is 134 Å². The van der Waals surface area contributed by atoms with Gasteiger partial charge in [-0.3, -0.25) is 0 Å². The van der Waals surface area contributed by atoms with Gasteiger partial charge in [-0.1, -0.05) is 50.0 Å². The molecule has 3 nitrogen and oxygen atoms in total. The maximum atomic E-state index is 12.0. The smallest absolute Gasteiger partial charge is 0.199 e. The number of unbranched alkanes of at least 4 members (excludes halogenated alkanes) is 5. The van der Waals surface area contributed by atoms with Crippen molar-refractivity contribution in [2.24, 2.45) is 0 Å². The van der Waals surface area contributed by atoms with Crippen LogP contribution in [0.15, 0.2) is 59.4 Å². The first-order valence-corrected chi connectivity index (χ1v) is 9.38. The molecular formula is C18H26O3S. The van der Waals surface area contributed by atoms with Gasteiger partial charge < -0.3 is 5.11 Å². The van der Waals surface area contributed by atoms with Crippen LogP contribution < -0.4 is 0 Å². The van der Waals surface area contributed by atoms with Crippen molar-refractivity contribution in [3.05, 3.63) is 54.5 Å². The molecule has 1 unspecified atom stereocenters. The Kier molecular flexibility index (Phi) is 8.78. The highest BCUT2D eigenvalue weighted by atomic mass is 32.2. The van der Waals surface area contributed by atoms with Crippen LogP contribution in [0.3, 0.4) is 0 Å². The first-order chi connectivity index (χ1) is 10.6. The van der Waals surface area contributed by atoms with Crippen molar-refractivity contribution in [1.82, 2.24) is 0 Å². The molecule has 0 aliphatic heterocycles. The Hall–Kier alpha value is -1.39. The van der Waals surface area contributed by atoms with E-state index in [-0.39, 0.29) is 4.90 Å². The lowest BCUT2D eigenvalue weighted by Gasteiger charge is -2.05. The Balaban J connectivity index is 2.29. The minimum atomic E-state index is -3.45. The Morgan fingerprint density at radius 1 is 1.05 bits per heavy atom. The highest BCUT2D eigenvalue weighted by Gasteiger charge is 2.10. The first kappa shape index (κ1) is 18.7.